The van der Waals surface area contributed by atoms with E-state index >= 15 is 0 Å². The van der Waals surface area contributed by atoms with Crippen LogP contribution in [0.1, 0.15) is 33.1 Å². The average molecular weight is 160 g/mol. The average Bonchev–Trinajstić information content (AvgIpc) is 1.88. The van der Waals surface area contributed by atoms with E-state index < -0.39 is 0 Å². The highest BCUT2D eigenvalue weighted by atomic mass is 32.1. The lowest BCUT2D eigenvalue weighted by molar-refractivity contribution is -0.0642. The van der Waals surface area contributed by atoms with Crippen LogP contribution in [0.5, 0.6) is 0 Å². The van der Waals surface area contributed by atoms with E-state index in [9.17, 15) is 0 Å². The van der Waals surface area contributed by atoms with E-state index in [1.807, 2.05) is 0 Å². The van der Waals surface area contributed by atoms with E-state index in [-0.39, 0.29) is 5.60 Å². The molecule has 0 aromatic rings. The second kappa shape index (κ2) is 3.14. The van der Waals surface area contributed by atoms with Gasteiger partial charge >= 0.3 is 0 Å². The fourth-order valence-corrected chi connectivity index (χ4v) is 1.84. The Morgan fingerprint density at radius 2 is 2.40 bits per heavy atom. The Balaban J connectivity index is 2.45. The molecule has 1 nitrogen and oxygen atoms in total. The first-order chi connectivity index (χ1) is 4.66. The summed E-state index contributed by atoms with van der Waals surface area (Å²) in [4.78, 5) is 0. The SMILES string of the molecule is CCC1(C)CC(S)CCO1. The summed E-state index contributed by atoms with van der Waals surface area (Å²) < 4.78 is 5.64. The summed E-state index contributed by atoms with van der Waals surface area (Å²) in [6.07, 6.45) is 3.31. The van der Waals surface area contributed by atoms with Crippen LogP contribution >= 0.6 is 12.6 Å². The minimum Gasteiger partial charge on any atom is -0.375 e. The van der Waals surface area contributed by atoms with Crippen LogP contribution in [0.2, 0.25) is 0 Å². The van der Waals surface area contributed by atoms with Gasteiger partial charge in [0.05, 0.1) is 5.60 Å². The number of rotatable bonds is 1. The lowest BCUT2D eigenvalue weighted by atomic mass is 9.93. The normalized spacial score (nSPS) is 41.7. The van der Waals surface area contributed by atoms with E-state index in [0.29, 0.717) is 5.25 Å². The van der Waals surface area contributed by atoms with Gasteiger partial charge in [0.1, 0.15) is 0 Å². The van der Waals surface area contributed by atoms with Crippen molar-refractivity contribution in [3.05, 3.63) is 0 Å². The Labute approximate surface area is 68.6 Å². The second-order valence-electron chi connectivity index (χ2n) is 3.30. The van der Waals surface area contributed by atoms with Crippen molar-refractivity contribution in [2.45, 2.75) is 44.0 Å². The number of hydrogen-bond acceptors (Lipinski definition) is 2. The van der Waals surface area contributed by atoms with Gasteiger partial charge in [0.25, 0.3) is 0 Å². The highest BCUT2D eigenvalue weighted by molar-refractivity contribution is 7.80. The molecule has 0 amide bonds. The van der Waals surface area contributed by atoms with Crippen molar-refractivity contribution in [3.8, 4) is 0 Å². The zero-order chi connectivity index (χ0) is 7.61. The molecule has 0 aromatic carbocycles. The third kappa shape index (κ3) is 1.89. The predicted octanol–water partition coefficient (Wildman–Crippen LogP) is 2.26. The molecule has 1 saturated heterocycles. The lowest BCUT2D eigenvalue weighted by Gasteiger charge is -2.35. The molecule has 0 bridgehead atoms. The Bertz CT molecular complexity index is 116. The molecule has 1 fully saturated rings. The minimum absolute atomic E-state index is 0.116. The van der Waals surface area contributed by atoms with Crippen LogP contribution in [-0.4, -0.2) is 17.5 Å². The molecule has 0 radical (unpaired) electrons. The topological polar surface area (TPSA) is 9.23 Å². The molecule has 1 aliphatic rings. The fourth-order valence-electron chi connectivity index (χ4n) is 1.35. The highest BCUT2D eigenvalue weighted by Gasteiger charge is 2.29. The maximum atomic E-state index is 5.64. The van der Waals surface area contributed by atoms with Crippen LogP contribution in [0.4, 0.5) is 0 Å². The van der Waals surface area contributed by atoms with Crippen LogP contribution in [-0.2, 0) is 4.74 Å². The quantitative estimate of drug-likeness (QED) is 0.579. The molecule has 0 aliphatic carbocycles. The van der Waals surface area contributed by atoms with E-state index in [1.54, 1.807) is 0 Å². The standard InChI is InChI=1S/C8H16OS/c1-3-8(2)6-7(10)4-5-9-8/h7,10H,3-6H2,1-2H3. The molecule has 10 heavy (non-hydrogen) atoms. The van der Waals surface area contributed by atoms with Gasteiger partial charge in [0, 0.05) is 11.9 Å². The van der Waals surface area contributed by atoms with Gasteiger partial charge in [0.2, 0.25) is 0 Å². The first kappa shape index (κ1) is 8.41. The monoisotopic (exact) mass is 160 g/mol. The molecular formula is C8H16OS. The summed E-state index contributed by atoms with van der Waals surface area (Å²) in [6, 6.07) is 0. The molecular weight excluding hydrogens is 144 g/mol. The summed E-state index contributed by atoms with van der Waals surface area (Å²) in [6.45, 7) is 5.24. The summed E-state index contributed by atoms with van der Waals surface area (Å²) in [5.41, 5.74) is 0.116. The molecule has 2 heteroatoms. The molecule has 0 aromatic heterocycles. The molecule has 2 atom stereocenters. The third-order valence-corrected chi connectivity index (χ3v) is 2.76. The van der Waals surface area contributed by atoms with Crippen molar-refractivity contribution in [3.63, 3.8) is 0 Å². The maximum Gasteiger partial charge on any atom is 0.0662 e. The van der Waals surface area contributed by atoms with E-state index in [0.717, 1.165) is 25.9 Å². The largest absolute Gasteiger partial charge is 0.375 e. The summed E-state index contributed by atoms with van der Waals surface area (Å²) in [5, 5.41) is 0.554. The molecule has 60 valence electrons. The van der Waals surface area contributed by atoms with Crippen molar-refractivity contribution in [1.82, 2.24) is 0 Å². The van der Waals surface area contributed by atoms with Crippen molar-refractivity contribution in [2.24, 2.45) is 0 Å². The van der Waals surface area contributed by atoms with E-state index in [1.165, 1.54) is 0 Å². The molecule has 0 N–H and O–H groups in total. The molecule has 1 rings (SSSR count). The van der Waals surface area contributed by atoms with Gasteiger partial charge < -0.3 is 4.74 Å². The van der Waals surface area contributed by atoms with Gasteiger partial charge in [-0.15, -0.1) is 0 Å². The maximum absolute atomic E-state index is 5.64. The molecule has 1 aliphatic heterocycles. The number of ether oxygens (including phenoxy) is 1. The Morgan fingerprint density at radius 1 is 1.70 bits per heavy atom. The highest BCUT2D eigenvalue weighted by Crippen LogP contribution is 2.29. The summed E-state index contributed by atoms with van der Waals surface area (Å²) >= 11 is 4.45. The van der Waals surface area contributed by atoms with Crippen LogP contribution in [0.3, 0.4) is 0 Å². The van der Waals surface area contributed by atoms with Gasteiger partial charge in [-0.25, -0.2) is 0 Å². The minimum atomic E-state index is 0.116. The summed E-state index contributed by atoms with van der Waals surface area (Å²) in [5.74, 6) is 0. The first-order valence-corrected chi connectivity index (χ1v) is 4.50. The first-order valence-electron chi connectivity index (χ1n) is 3.98. The fraction of sp³-hybridized carbons (Fsp3) is 1.00. The van der Waals surface area contributed by atoms with Crippen LogP contribution in [0.25, 0.3) is 0 Å². The third-order valence-electron chi connectivity index (χ3n) is 2.32. The molecule has 1 heterocycles. The van der Waals surface area contributed by atoms with Crippen molar-refractivity contribution < 1.29 is 4.74 Å². The summed E-state index contributed by atoms with van der Waals surface area (Å²) in [7, 11) is 0. The zero-order valence-electron chi connectivity index (χ0n) is 6.76. The van der Waals surface area contributed by atoms with E-state index in [4.69, 9.17) is 4.74 Å². The number of hydrogen-bond donors (Lipinski definition) is 1. The Hall–Kier alpha value is 0.310. The molecule has 2 unspecified atom stereocenters. The van der Waals surface area contributed by atoms with Gasteiger partial charge in [-0.05, 0) is 26.2 Å². The van der Waals surface area contributed by atoms with Crippen molar-refractivity contribution in [1.29, 1.82) is 0 Å². The second-order valence-corrected chi connectivity index (χ2v) is 4.03. The van der Waals surface area contributed by atoms with Crippen LogP contribution in [0.15, 0.2) is 0 Å². The van der Waals surface area contributed by atoms with Crippen molar-refractivity contribution >= 4 is 12.6 Å². The Morgan fingerprint density at radius 3 is 2.80 bits per heavy atom. The zero-order valence-corrected chi connectivity index (χ0v) is 7.66. The van der Waals surface area contributed by atoms with Gasteiger partial charge in [-0.3, -0.25) is 0 Å². The lowest BCUT2D eigenvalue weighted by Crippen LogP contribution is -2.36. The Kier molecular flexibility index (Phi) is 2.64. The molecule has 0 saturated carbocycles. The molecule has 0 spiro atoms. The predicted molar refractivity (Wildman–Crippen MR) is 46.7 cm³/mol. The van der Waals surface area contributed by atoms with E-state index in [2.05, 4.69) is 26.5 Å². The van der Waals surface area contributed by atoms with Gasteiger partial charge in [-0.2, -0.15) is 12.6 Å². The van der Waals surface area contributed by atoms with Gasteiger partial charge in [0.15, 0.2) is 0 Å². The smallest absolute Gasteiger partial charge is 0.0662 e. The van der Waals surface area contributed by atoms with Gasteiger partial charge in [-0.1, -0.05) is 6.92 Å². The van der Waals surface area contributed by atoms with Crippen LogP contribution < -0.4 is 0 Å². The van der Waals surface area contributed by atoms with Crippen LogP contribution in [0, 0.1) is 0 Å². The number of thiol groups is 1. The van der Waals surface area contributed by atoms with Crippen molar-refractivity contribution in [2.75, 3.05) is 6.61 Å².